The van der Waals surface area contributed by atoms with Crippen LogP contribution in [0.3, 0.4) is 0 Å². The predicted octanol–water partition coefficient (Wildman–Crippen LogP) is 4.11. The smallest absolute Gasteiger partial charge is 0.106 e. The molecule has 0 aromatic heterocycles. The summed E-state index contributed by atoms with van der Waals surface area (Å²) < 4.78 is 0. The van der Waals surface area contributed by atoms with E-state index in [9.17, 15) is 0 Å². The highest BCUT2D eigenvalue weighted by atomic mass is 16.6. The van der Waals surface area contributed by atoms with Gasteiger partial charge in [0, 0.05) is 5.92 Å². The molecule has 0 aliphatic heterocycles. The normalized spacial score (nSPS) is 20.8. The van der Waals surface area contributed by atoms with Crippen LogP contribution in [-0.4, -0.2) is 12.8 Å². The van der Waals surface area contributed by atoms with Crippen molar-refractivity contribution in [3.05, 3.63) is 36.0 Å². The van der Waals surface area contributed by atoms with Crippen LogP contribution in [0.15, 0.2) is 41.1 Å². The van der Waals surface area contributed by atoms with Gasteiger partial charge in [0.15, 0.2) is 0 Å². The molecular formula is C14H23NO. The van der Waals surface area contributed by atoms with Crippen LogP contribution in [0.2, 0.25) is 0 Å². The zero-order valence-corrected chi connectivity index (χ0v) is 11.0. The fourth-order valence-electron chi connectivity index (χ4n) is 1.46. The summed E-state index contributed by atoms with van der Waals surface area (Å²) in [5.41, 5.74) is 2.29. The van der Waals surface area contributed by atoms with E-state index in [0.29, 0.717) is 5.92 Å². The molecule has 16 heavy (non-hydrogen) atoms. The molecule has 0 saturated heterocycles. The summed E-state index contributed by atoms with van der Waals surface area (Å²) in [5, 5.41) is 4.02. The molecule has 0 aromatic rings. The maximum absolute atomic E-state index is 4.83. The van der Waals surface area contributed by atoms with E-state index in [1.807, 2.05) is 32.1 Å². The summed E-state index contributed by atoms with van der Waals surface area (Å²) in [6.45, 7) is 8.20. The van der Waals surface area contributed by atoms with Crippen molar-refractivity contribution >= 4 is 5.71 Å². The third-order valence-electron chi connectivity index (χ3n) is 2.02. The van der Waals surface area contributed by atoms with E-state index in [-0.39, 0.29) is 0 Å². The predicted molar refractivity (Wildman–Crippen MR) is 71.6 cm³/mol. The molecule has 1 unspecified atom stereocenters. The largest absolute Gasteiger partial charge is 0.399 e. The standard InChI is InChI=1S/C12H17NO.C2H6/c1-10(2)9-11-7-5-4-6-8-12(11)13-14-3;1-2/h4-6,8-9,11H,7H2,1-3H3;1-2H3/b13-12-;. The summed E-state index contributed by atoms with van der Waals surface area (Å²) in [6.07, 6.45) is 11.4. The van der Waals surface area contributed by atoms with Gasteiger partial charge in [-0.1, -0.05) is 48.9 Å². The van der Waals surface area contributed by atoms with E-state index < -0.39 is 0 Å². The average Bonchev–Trinajstić information content (AvgIpc) is 2.48. The molecular weight excluding hydrogens is 198 g/mol. The van der Waals surface area contributed by atoms with Gasteiger partial charge in [-0.05, 0) is 26.3 Å². The summed E-state index contributed by atoms with van der Waals surface area (Å²) in [4.78, 5) is 4.83. The van der Waals surface area contributed by atoms with Gasteiger partial charge in [-0.25, -0.2) is 0 Å². The SMILES string of the molecule is CC.CO/N=C1/C=CC=CCC1C=C(C)C. The molecule has 0 amide bonds. The Bertz CT molecular complexity index is 294. The highest BCUT2D eigenvalue weighted by Gasteiger charge is 2.11. The van der Waals surface area contributed by atoms with Gasteiger partial charge in [-0.2, -0.15) is 0 Å². The zero-order chi connectivity index (χ0) is 12.4. The van der Waals surface area contributed by atoms with Crippen molar-refractivity contribution in [2.24, 2.45) is 11.1 Å². The summed E-state index contributed by atoms with van der Waals surface area (Å²) in [5.74, 6) is 0.343. The first-order chi connectivity index (χ1) is 7.74. The van der Waals surface area contributed by atoms with Gasteiger partial charge in [-0.15, -0.1) is 0 Å². The summed E-state index contributed by atoms with van der Waals surface area (Å²) >= 11 is 0. The number of allylic oxidation sites excluding steroid dienone is 6. The van der Waals surface area contributed by atoms with E-state index in [1.165, 1.54) is 5.57 Å². The van der Waals surface area contributed by atoms with Gasteiger partial charge in [0.05, 0.1) is 5.71 Å². The molecule has 90 valence electrons. The van der Waals surface area contributed by atoms with Crippen molar-refractivity contribution in [1.29, 1.82) is 0 Å². The Balaban J connectivity index is 0.00000106. The molecule has 2 heteroatoms. The second-order valence-corrected chi connectivity index (χ2v) is 3.57. The lowest BCUT2D eigenvalue weighted by Crippen LogP contribution is -2.09. The third kappa shape index (κ3) is 5.54. The Morgan fingerprint density at radius 2 is 2.06 bits per heavy atom. The zero-order valence-electron chi connectivity index (χ0n) is 11.0. The first-order valence-electron chi connectivity index (χ1n) is 5.83. The number of hydrogen-bond acceptors (Lipinski definition) is 2. The fourth-order valence-corrected chi connectivity index (χ4v) is 1.46. The van der Waals surface area contributed by atoms with Gasteiger partial charge in [-0.3, -0.25) is 0 Å². The number of rotatable bonds is 2. The molecule has 0 aromatic carbocycles. The van der Waals surface area contributed by atoms with Crippen molar-refractivity contribution in [2.45, 2.75) is 34.1 Å². The Labute approximate surface area is 99.4 Å². The van der Waals surface area contributed by atoms with E-state index in [4.69, 9.17) is 4.84 Å². The van der Waals surface area contributed by atoms with Crippen LogP contribution in [-0.2, 0) is 4.84 Å². The van der Waals surface area contributed by atoms with E-state index in [0.717, 1.165) is 12.1 Å². The number of nitrogens with zero attached hydrogens (tertiary/aromatic N) is 1. The van der Waals surface area contributed by atoms with E-state index >= 15 is 0 Å². The first-order valence-corrected chi connectivity index (χ1v) is 5.83. The summed E-state index contributed by atoms with van der Waals surface area (Å²) in [7, 11) is 1.58. The molecule has 1 rings (SSSR count). The lowest BCUT2D eigenvalue weighted by atomic mass is 9.98. The molecule has 0 radical (unpaired) electrons. The molecule has 0 N–H and O–H groups in total. The molecule has 1 aliphatic rings. The van der Waals surface area contributed by atoms with Gasteiger partial charge < -0.3 is 4.84 Å². The van der Waals surface area contributed by atoms with Gasteiger partial charge in [0.1, 0.15) is 7.11 Å². The lowest BCUT2D eigenvalue weighted by Gasteiger charge is -2.09. The van der Waals surface area contributed by atoms with Crippen LogP contribution in [0.5, 0.6) is 0 Å². The monoisotopic (exact) mass is 221 g/mol. The van der Waals surface area contributed by atoms with Gasteiger partial charge >= 0.3 is 0 Å². The van der Waals surface area contributed by atoms with Crippen molar-refractivity contribution in [2.75, 3.05) is 7.11 Å². The molecule has 0 spiro atoms. The highest BCUT2D eigenvalue weighted by Crippen LogP contribution is 2.15. The lowest BCUT2D eigenvalue weighted by molar-refractivity contribution is 0.212. The quantitative estimate of drug-likeness (QED) is 0.508. The van der Waals surface area contributed by atoms with Crippen molar-refractivity contribution in [3.8, 4) is 0 Å². The minimum Gasteiger partial charge on any atom is -0.399 e. The fraction of sp³-hybridized carbons (Fsp3) is 0.500. The van der Waals surface area contributed by atoms with E-state index in [2.05, 4.69) is 31.2 Å². The second kappa shape index (κ2) is 8.96. The summed E-state index contributed by atoms with van der Waals surface area (Å²) in [6, 6.07) is 0. The van der Waals surface area contributed by atoms with Crippen LogP contribution < -0.4 is 0 Å². The Morgan fingerprint density at radius 3 is 2.62 bits per heavy atom. The van der Waals surface area contributed by atoms with Crippen LogP contribution in [0.4, 0.5) is 0 Å². The van der Waals surface area contributed by atoms with Crippen LogP contribution in [0.1, 0.15) is 34.1 Å². The van der Waals surface area contributed by atoms with Crippen LogP contribution in [0.25, 0.3) is 0 Å². The molecule has 1 atom stereocenters. The van der Waals surface area contributed by atoms with Crippen LogP contribution >= 0.6 is 0 Å². The van der Waals surface area contributed by atoms with Gasteiger partial charge in [0.25, 0.3) is 0 Å². The highest BCUT2D eigenvalue weighted by molar-refractivity contribution is 5.98. The maximum atomic E-state index is 4.83. The molecule has 0 heterocycles. The maximum Gasteiger partial charge on any atom is 0.106 e. The Kier molecular flexibility index (Phi) is 8.22. The van der Waals surface area contributed by atoms with Gasteiger partial charge in [0.2, 0.25) is 0 Å². The van der Waals surface area contributed by atoms with Crippen molar-refractivity contribution < 1.29 is 4.84 Å². The molecule has 0 bridgehead atoms. The minimum absolute atomic E-state index is 0.343. The third-order valence-corrected chi connectivity index (χ3v) is 2.02. The first kappa shape index (κ1) is 14.7. The topological polar surface area (TPSA) is 21.6 Å². The molecule has 0 saturated carbocycles. The Morgan fingerprint density at radius 1 is 1.38 bits per heavy atom. The average molecular weight is 221 g/mol. The molecule has 2 nitrogen and oxygen atoms in total. The van der Waals surface area contributed by atoms with Crippen molar-refractivity contribution in [3.63, 3.8) is 0 Å². The van der Waals surface area contributed by atoms with Crippen LogP contribution in [0, 0.1) is 5.92 Å². The number of oxime groups is 1. The number of hydrogen-bond donors (Lipinski definition) is 0. The molecule has 1 aliphatic carbocycles. The molecule has 0 fully saturated rings. The Hall–Kier alpha value is -1.31. The minimum atomic E-state index is 0.343. The second-order valence-electron chi connectivity index (χ2n) is 3.57. The van der Waals surface area contributed by atoms with Crippen molar-refractivity contribution in [1.82, 2.24) is 0 Å². The van der Waals surface area contributed by atoms with E-state index in [1.54, 1.807) is 7.11 Å².